The van der Waals surface area contributed by atoms with Crippen LogP contribution in [0.1, 0.15) is 28.4 Å². The van der Waals surface area contributed by atoms with E-state index in [0.29, 0.717) is 16.1 Å². The molecule has 3 heteroatoms. The van der Waals surface area contributed by atoms with Gasteiger partial charge in [0.15, 0.2) is 5.78 Å². The fourth-order valence-electron chi connectivity index (χ4n) is 1.76. The molecule has 0 bridgehead atoms. The summed E-state index contributed by atoms with van der Waals surface area (Å²) in [6, 6.07) is 12.9. The standard InChI is InChI=1S/C15H12BrClO/c1-2-10-4-3-5-11(8-10)15(18)13-7-6-12(17)9-14(13)16/h3-9H,2H2,1H3. The first-order valence-electron chi connectivity index (χ1n) is 5.70. The van der Waals surface area contributed by atoms with Gasteiger partial charge in [0, 0.05) is 20.6 Å². The summed E-state index contributed by atoms with van der Waals surface area (Å²) in [5, 5.41) is 0.612. The lowest BCUT2D eigenvalue weighted by atomic mass is 10.0. The Balaban J connectivity index is 2.41. The van der Waals surface area contributed by atoms with Gasteiger partial charge in [-0.25, -0.2) is 0 Å². The second-order valence-electron chi connectivity index (χ2n) is 4.01. The third-order valence-corrected chi connectivity index (χ3v) is 3.66. The summed E-state index contributed by atoms with van der Waals surface area (Å²) in [4.78, 5) is 12.4. The predicted octanol–water partition coefficient (Wildman–Crippen LogP) is 4.90. The Morgan fingerprint density at radius 3 is 2.67 bits per heavy atom. The number of rotatable bonds is 3. The van der Waals surface area contributed by atoms with Crippen LogP contribution in [0, 0.1) is 0 Å². The molecule has 92 valence electrons. The second kappa shape index (κ2) is 5.68. The van der Waals surface area contributed by atoms with Gasteiger partial charge in [0.05, 0.1) is 0 Å². The molecule has 0 spiro atoms. The highest BCUT2D eigenvalue weighted by atomic mass is 79.9. The maximum atomic E-state index is 12.4. The van der Waals surface area contributed by atoms with Crippen LogP contribution in [0.25, 0.3) is 0 Å². The molecule has 2 aromatic carbocycles. The Bertz CT molecular complexity index is 593. The van der Waals surface area contributed by atoms with Gasteiger partial charge in [0.1, 0.15) is 0 Å². The highest BCUT2D eigenvalue weighted by Gasteiger charge is 2.12. The summed E-state index contributed by atoms with van der Waals surface area (Å²) < 4.78 is 0.724. The highest BCUT2D eigenvalue weighted by molar-refractivity contribution is 9.10. The Hall–Kier alpha value is -1.12. The van der Waals surface area contributed by atoms with Crippen LogP contribution in [-0.2, 0) is 6.42 Å². The van der Waals surface area contributed by atoms with E-state index in [1.165, 1.54) is 0 Å². The number of halogens is 2. The van der Waals surface area contributed by atoms with Crippen molar-refractivity contribution in [3.05, 3.63) is 68.7 Å². The SMILES string of the molecule is CCc1cccc(C(=O)c2ccc(Cl)cc2Br)c1. The summed E-state index contributed by atoms with van der Waals surface area (Å²) >= 11 is 9.25. The van der Waals surface area contributed by atoms with Gasteiger partial charge >= 0.3 is 0 Å². The van der Waals surface area contributed by atoms with Gasteiger partial charge in [-0.2, -0.15) is 0 Å². The van der Waals surface area contributed by atoms with Gasteiger partial charge in [0.25, 0.3) is 0 Å². The molecule has 0 aliphatic rings. The van der Waals surface area contributed by atoms with E-state index in [-0.39, 0.29) is 5.78 Å². The maximum Gasteiger partial charge on any atom is 0.194 e. The van der Waals surface area contributed by atoms with Crippen molar-refractivity contribution in [2.45, 2.75) is 13.3 Å². The van der Waals surface area contributed by atoms with E-state index < -0.39 is 0 Å². The van der Waals surface area contributed by atoms with Crippen molar-refractivity contribution in [3.63, 3.8) is 0 Å². The zero-order chi connectivity index (χ0) is 13.1. The predicted molar refractivity (Wildman–Crippen MR) is 78.4 cm³/mol. The average Bonchev–Trinajstić information content (AvgIpc) is 2.38. The van der Waals surface area contributed by atoms with Crippen molar-refractivity contribution in [2.75, 3.05) is 0 Å². The third kappa shape index (κ3) is 2.82. The second-order valence-corrected chi connectivity index (χ2v) is 5.30. The number of ketones is 1. The molecular weight excluding hydrogens is 312 g/mol. The summed E-state index contributed by atoms with van der Waals surface area (Å²) in [6.45, 7) is 2.07. The minimum Gasteiger partial charge on any atom is -0.289 e. The van der Waals surface area contributed by atoms with Gasteiger partial charge in [-0.15, -0.1) is 0 Å². The van der Waals surface area contributed by atoms with Crippen LogP contribution in [-0.4, -0.2) is 5.78 Å². The highest BCUT2D eigenvalue weighted by Crippen LogP contribution is 2.24. The molecule has 0 radical (unpaired) electrons. The lowest BCUT2D eigenvalue weighted by molar-refractivity contribution is 0.103. The van der Waals surface area contributed by atoms with Gasteiger partial charge in [0.2, 0.25) is 0 Å². The maximum absolute atomic E-state index is 12.4. The van der Waals surface area contributed by atoms with E-state index in [2.05, 4.69) is 22.9 Å². The summed E-state index contributed by atoms with van der Waals surface area (Å²) in [5.74, 6) is 0.00819. The van der Waals surface area contributed by atoms with Gasteiger partial charge in [-0.3, -0.25) is 4.79 Å². The molecule has 0 aliphatic heterocycles. The number of aryl methyl sites for hydroxylation is 1. The normalized spacial score (nSPS) is 10.4. The van der Waals surface area contributed by atoms with Crippen LogP contribution in [0.2, 0.25) is 5.02 Å². The molecule has 0 atom stereocenters. The van der Waals surface area contributed by atoms with Crippen molar-refractivity contribution in [1.29, 1.82) is 0 Å². The molecule has 1 nitrogen and oxygen atoms in total. The van der Waals surface area contributed by atoms with E-state index in [1.807, 2.05) is 24.3 Å². The van der Waals surface area contributed by atoms with Crippen molar-refractivity contribution in [2.24, 2.45) is 0 Å². The fourth-order valence-corrected chi connectivity index (χ4v) is 2.62. The van der Waals surface area contributed by atoms with Crippen molar-refractivity contribution in [3.8, 4) is 0 Å². The van der Waals surface area contributed by atoms with Crippen molar-refractivity contribution >= 4 is 33.3 Å². The molecule has 0 aliphatic carbocycles. The monoisotopic (exact) mass is 322 g/mol. The number of benzene rings is 2. The van der Waals surface area contributed by atoms with Crippen LogP contribution in [0.5, 0.6) is 0 Å². The molecular formula is C15H12BrClO. The Morgan fingerprint density at radius 1 is 1.22 bits per heavy atom. The molecule has 0 saturated heterocycles. The smallest absolute Gasteiger partial charge is 0.194 e. The lowest BCUT2D eigenvalue weighted by Crippen LogP contribution is -2.02. The van der Waals surface area contributed by atoms with Crippen LogP contribution in [0.15, 0.2) is 46.9 Å². The molecule has 0 aromatic heterocycles. The molecule has 2 aromatic rings. The number of hydrogen-bond donors (Lipinski definition) is 0. The molecule has 0 saturated carbocycles. The first kappa shape index (κ1) is 13.3. The minimum absolute atomic E-state index is 0.00819. The van der Waals surface area contributed by atoms with Crippen molar-refractivity contribution in [1.82, 2.24) is 0 Å². The summed E-state index contributed by atoms with van der Waals surface area (Å²) in [7, 11) is 0. The van der Waals surface area contributed by atoms with Gasteiger partial charge < -0.3 is 0 Å². The van der Waals surface area contributed by atoms with Crippen LogP contribution >= 0.6 is 27.5 Å². The number of carbonyl (C=O) groups is 1. The molecule has 0 heterocycles. The Labute approximate surface area is 120 Å². The largest absolute Gasteiger partial charge is 0.289 e. The van der Waals surface area contributed by atoms with E-state index in [9.17, 15) is 4.79 Å². The molecule has 0 unspecified atom stereocenters. The number of carbonyl (C=O) groups excluding carboxylic acids is 1. The summed E-state index contributed by atoms with van der Waals surface area (Å²) in [6.07, 6.45) is 0.920. The zero-order valence-electron chi connectivity index (χ0n) is 9.91. The molecule has 18 heavy (non-hydrogen) atoms. The first-order valence-corrected chi connectivity index (χ1v) is 6.87. The number of hydrogen-bond acceptors (Lipinski definition) is 1. The fraction of sp³-hybridized carbons (Fsp3) is 0.133. The first-order chi connectivity index (χ1) is 8.61. The molecule has 0 fully saturated rings. The Kier molecular flexibility index (Phi) is 4.20. The van der Waals surface area contributed by atoms with E-state index in [0.717, 1.165) is 16.5 Å². The van der Waals surface area contributed by atoms with Crippen LogP contribution < -0.4 is 0 Å². The molecule has 0 amide bonds. The molecule has 0 N–H and O–H groups in total. The van der Waals surface area contributed by atoms with Gasteiger partial charge in [-0.1, -0.05) is 36.7 Å². The van der Waals surface area contributed by atoms with E-state index in [1.54, 1.807) is 18.2 Å². The molecule has 2 rings (SSSR count). The summed E-state index contributed by atoms with van der Waals surface area (Å²) in [5.41, 5.74) is 2.50. The van der Waals surface area contributed by atoms with Crippen LogP contribution in [0.3, 0.4) is 0 Å². The van der Waals surface area contributed by atoms with Gasteiger partial charge in [-0.05, 0) is 52.2 Å². The van der Waals surface area contributed by atoms with Crippen molar-refractivity contribution < 1.29 is 4.79 Å². The van der Waals surface area contributed by atoms with Crippen LogP contribution in [0.4, 0.5) is 0 Å². The Morgan fingerprint density at radius 2 is 2.00 bits per heavy atom. The minimum atomic E-state index is 0.00819. The topological polar surface area (TPSA) is 17.1 Å². The lowest BCUT2D eigenvalue weighted by Gasteiger charge is -2.06. The van der Waals surface area contributed by atoms with E-state index >= 15 is 0 Å². The van der Waals surface area contributed by atoms with E-state index in [4.69, 9.17) is 11.6 Å². The quantitative estimate of drug-likeness (QED) is 0.735. The zero-order valence-corrected chi connectivity index (χ0v) is 12.3. The third-order valence-electron chi connectivity index (χ3n) is 2.77. The average molecular weight is 324 g/mol.